The molecule has 2 aromatic carbocycles. The first kappa shape index (κ1) is 25.9. The van der Waals surface area contributed by atoms with E-state index < -0.39 is 28.7 Å². The maximum atomic E-state index is 15.1. The number of fused-ring (bicyclic) bond motifs is 1. The fraction of sp³-hybridized carbons (Fsp3) is 0.250. The Bertz CT molecular complexity index is 1450. The Hall–Kier alpha value is -3.21. The molecule has 3 aromatic rings. The molecule has 1 fully saturated rings. The van der Waals surface area contributed by atoms with E-state index in [0.29, 0.717) is 49.0 Å². The average Bonchev–Trinajstić information content (AvgIpc) is 2.84. The highest BCUT2D eigenvalue weighted by Gasteiger charge is 2.24. The number of halogens is 3. The van der Waals surface area contributed by atoms with E-state index in [1.807, 2.05) is 11.8 Å². The summed E-state index contributed by atoms with van der Waals surface area (Å²) in [7, 11) is 0. The minimum Gasteiger partial charge on any atom is -0.477 e. The van der Waals surface area contributed by atoms with Crippen molar-refractivity contribution in [2.24, 2.45) is 0 Å². The highest BCUT2D eigenvalue weighted by molar-refractivity contribution is 7.80. The summed E-state index contributed by atoms with van der Waals surface area (Å²) >= 11 is 17.4. The molecule has 12 heteroatoms. The number of anilines is 1. The van der Waals surface area contributed by atoms with Gasteiger partial charge >= 0.3 is 5.97 Å². The molecule has 0 unspecified atom stereocenters. The van der Waals surface area contributed by atoms with Crippen LogP contribution in [0.4, 0.5) is 10.1 Å². The van der Waals surface area contributed by atoms with E-state index in [0.717, 1.165) is 6.07 Å². The molecular weight excluding hydrogens is 530 g/mol. The number of piperazine rings is 1. The van der Waals surface area contributed by atoms with Gasteiger partial charge in [0.2, 0.25) is 5.43 Å². The normalized spacial score (nSPS) is 13.7. The average molecular weight is 551 g/mol. The van der Waals surface area contributed by atoms with Crippen LogP contribution in [0.25, 0.3) is 10.9 Å². The van der Waals surface area contributed by atoms with E-state index in [2.05, 4.69) is 5.32 Å². The number of rotatable bonds is 4. The number of aryl methyl sites for hydroxylation is 1. The fourth-order valence-electron chi connectivity index (χ4n) is 4.12. The highest BCUT2D eigenvalue weighted by atomic mass is 35.5. The third-order valence-electron chi connectivity index (χ3n) is 6.02. The molecule has 188 valence electrons. The molecule has 1 saturated heterocycles. The summed E-state index contributed by atoms with van der Waals surface area (Å²) in [6.07, 6.45) is 1.28. The van der Waals surface area contributed by atoms with Crippen molar-refractivity contribution in [1.82, 2.24) is 14.8 Å². The number of carboxylic acids is 1. The smallest absolute Gasteiger partial charge is 0.341 e. The van der Waals surface area contributed by atoms with Crippen LogP contribution in [0.15, 0.2) is 41.3 Å². The minimum absolute atomic E-state index is 0.0152. The first-order chi connectivity index (χ1) is 17.1. The quantitative estimate of drug-likeness (QED) is 0.474. The van der Waals surface area contributed by atoms with Gasteiger partial charge in [-0.25, -0.2) is 9.18 Å². The molecule has 1 aliphatic rings. The lowest BCUT2D eigenvalue weighted by molar-refractivity contribution is 0.0694. The number of amides is 1. The van der Waals surface area contributed by atoms with E-state index in [4.69, 9.17) is 35.4 Å². The monoisotopic (exact) mass is 550 g/mol. The topological polar surface area (TPSA) is 94.9 Å². The number of hydrogen-bond donors (Lipinski definition) is 2. The lowest BCUT2D eigenvalue weighted by Gasteiger charge is -2.37. The van der Waals surface area contributed by atoms with E-state index in [1.165, 1.54) is 18.3 Å². The number of aromatic nitrogens is 1. The van der Waals surface area contributed by atoms with Crippen molar-refractivity contribution in [3.8, 4) is 0 Å². The predicted molar refractivity (Wildman–Crippen MR) is 141 cm³/mol. The van der Waals surface area contributed by atoms with Crippen LogP contribution in [0, 0.1) is 5.82 Å². The molecule has 8 nitrogen and oxygen atoms in total. The van der Waals surface area contributed by atoms with Crippen LogP contribution in [-0.4, -0.2) is 57.7 Å². The number of nitrogens with one attached hydrogen (secondary N) is 1. The second kappa shape index (κ2) is 10.4. The Kier molecular flexibility index (Phi) is 7.49. The number of aromatic carboxylic acids is 1. The van der Waals surface area contributed by atoms with Gasteiger partial charge in [0.05, 0.1) is 21.8 Å². The number of carbonyl (C=O) groups excluding carboxylic acids is 1. The first-order valence-electron chi connectivity index (χ1n) is 11.0. The van der Waals surface area contributed by atoms with Gasteiger partial charge in [-0.15, -0.1) is 0 Å². The lowest BCUT2D eigenvalue weighted by atomic mass is 10.1. The van der Waals surface area contributed by atoms with Crippen LogP contribution in [0.1, 0.15) is 27.6 Å². The summed E-state index contributed by atoms with van der Waals surface area (Å²) in [6.45, 7) is 3.87. The number of nitrogens with zero attached hydrogens (tertiary/aromatic N) is 3. The van der Waals surface area contributed by atoms with Crippen molar-refractivity contribution in [2.45, 2.75) is 13.5 Å². The van der Waals surface area contributed by atoms with Gasteiger partial charge in [0.15, 0.2) is 5.11 Å². The van der Waals surface area contributed by atoms with E-state index in [9.17, 15) is 19.5 Å². The van der Waals surface area contributed by atoms with Gasteiger partial charge in [0.1, 0.15) is 11.4 Å². The van der Waals surface area contributed by atoms with Crippen LogP contribution in [-0.2, 0) is 6.54 Å². The first-order valence-corrected chi connectivity index (χ1v) is 12.2. The molecular formula is C24H21Cl2FN4O4S. The summed E-state index contributed by atoms with van der Waals surface area (Å²) in [5, 5.41) is 12.8. The third-order valence-corrected chi connectivity index (χ3v) is 6.93. The summed E-state index contributed by atoms with van der Waals surface area (Å²) in [5.41, 5.74) is -0.128. The van der Waals surface area contributed by atoms with Gasteiger partial charge < -0.3 is 19.5 Å². The van der Waals surface area contributed by atoms with Gasteiger partial charge in [0.25, 0.3) is 5.91 Å². The molecule has 4 rings (SSSR count). The number of hydrogen-bond acceptors (Lipinski definition) is 5. The zero-order valence-corrected chi connectivity index (χ0v) is 21.4. The molecule has 0 saturated carbocycles. The molecule has 1 aromatic heterocycles. The number of thiocarbonyl (C=S) groups is 1. The molecule has 2 N–H and O–H groups in total. The van der Waals surface area contributed by atoms with Crippen molar-refractivity contribution in [1.29, 1.82) is 0 Å². The standard InChI is InChI=1S/C24H21Cl2FN4O4S/c1-2-29-12-16(23(34)35)21(32)15-10-18(27)20(11-19(15)29)30-5-7-31(8-6-30)24(36)28-22(33)14-4-3-13(25)9-17(14)26/h3-4,9-12H,2,5-8H2,1H3,(H,34,35)(H,28,33,36). The maximum Gasteiger partial charge on any atom is 0.341 e. The molecule has 1 amide bonds. The Morgan fingerprint density at radius 1 is 1.11 bits per heavy atom. The third kappa shape index (κ3) is 5.02. The van der Waals surface area contributed by atoms with Crippen LogP contribution in [0.5, 0.6) is 0 Å². The Morgan fingerprint density at radius 3 is 2.42 bits per heavy atom. The highest BCUT2D eigenvalue weighted by Crippen LogP contribution is 2.27. The molecule has 1 aliphatic heterocycles. The second-order valence-corrected chi connectivity index (χ2v) is 9.37. The molecule has 36 heavy (non-hydrogen) atoms. The Labute approximate surface area is 220 Å². The van der Waals surface area contributed by atoms with Crippen molar-refractivity contribution in [3.05, 3.63) is 73.7 Å². The van der Waals surface area contributed by atoms with Gasteiger partial charge in [-0.1, -0.05) is 23.2 Å². The Morgan fingerprint density at radius 2 is 1.81 bits per heavy atom. The molecule has 0 atom stereocenters. The van der Waals surface area contributed by atoms with Crippen molar-refractivity contribution >= 4 is 69.0 Å². The molecule has 0 spiro atoms. The van der Waals surface area contributed by atoms with Crippen LogP contribution >= 0.6 is 35.4 Å². The molecule has 2 heterocycles. The summed E-state index contributed by atoms with van der Waals surface area (Å²) in [6, 6.07) is 7.21. The lowest BCUT2D eigenvalue weighted by Crippen LogP contribution is -2.53. The second-order valence-electron chi connectivity index (χ2n) is 8.14. The van der Waals surface area contributed by atoms with Crippen molar-refractivity contribution < 1.29 is 19.1 Å². The number of pyridine rings is 1. The number of carbonyl (C=O) groups is 2. The molecule has 0 radical (unpaired) electrons. The maximum absolute atomic E-state index is 15.1. The van der Waals surface area contributed by atoms with Crippen LogP contribution < -0.4 is 15.6 Å². The van der Waals surface area contributed by atoms with Gasteiger partial charge in [-0.2, -0.15) is 0 Å². The number of benzene rings is 2. The van der Waals surface area contributed by atoms with Crippen LogP contribution in [0.3, 0.4) is 0 Å². The number of carboxylic acid groups (broad SMARTS) is 1. The van der Waals surface area contributed by atoms with Gasteiger partial charge in [-0.05, 0) is 49.5 Å². The van der Waals surface area contributed by atoms with Crippen LogP contribution in [0.2, 0.25) is 10.0 Å². The molecule has 0 aliphatic carbocycles. The summed E-state index contributed by atoms with van der Waals surface area (Å²) in [5.74, 6) is -2.43. The molecule has 0 bridgehead atoms. The zero-order chi connectivity index (χ0) is 26.1. The van der Waals surface area contributed by atoms with Crippen molar-refractivity contribution in [2.75, 3.05) is 31.1 Å². The fourth-order valence-corrected chi connectivity index (χ4v) is 4.89. The minimum atomic E-state index is -1.36. The zero-order valence-electron chi connectivity index (χ0n) is 19.1. The van der Waals surface area contributed by atoms with E-state index in [1.54, 1.807) is 21.6 Å². The predicted octanol–water partition coefficient (Wildman–Crippen LogP) is 4.00. The van der Waals surface area contributed by atoms with Crippen molar-refractivity contribution in [3.63, 3.8) is 0 Å². The summed E-state index contributed by atoms with van der Waals surface area (Å²) in [4.78, 5) is 40.2. The summed E-state index contributed by atoms with van der Waals surface area (Å²) < 4.78 is 16.7. The van der Waals surface area contributed by atoms with E-state index in [-0.39, 0.29) is 21.1 Å². The van der Waals surface area contributed by atoms with Gasteiger partial charge in [0, 0.05) is 49.3 Å². The van der Waals surface area contributed by atoms with E-state index >= 15 is 4.39 Å². The largest absolute Gasteiger partial charge is 0.477 e. The van der Waals surface area contributed by atoms with Gasteiger partial charge in [-0.3, -0.25) is 14.9 Å². The SMILES string of the molecule is CCn1cc(C(=O)O)c(=O)c2cc(F)c(N3CCN(C(=S)NC(=O)c4ccc(Cl)cc4Cl)CC3)cc21. The Balaban J connectivity index is 1.50.